The average Bonchev–Trinajstić information content (AvgIpc) is 2.88. The first kappa shape index (κ1) is 13.0. The molecule has 0 spiro atoms. The third kappa shape index (κ3) is 2.50. The Morgan fingerprint density at radius 1 is 1.00 bits per heavy atom. The average molecular weight is 305 g/mol. The van der Waals surface area contributed by atoms with Gasteiger partial charge in [-0.1, -0.05) is 17.7 Å². The van der Waals surface area contributed by atoms with Crippen molar-refractivity contribution < 1.29 is 8.42 Å². The summed E-state index contributed by atoms with van der Waals surface area (Å²) in [4.78, 5) is 0.179. The van der Waals surface area contributed by atoms with Gasteiger partial charge in [0.15, 0.2) is 0 Å². The molecule has 0 aliphatic carbocycles. The number of aryl methyl sites for hydroxylation is 1. The molecule has 0 bridgehead atoms. The molecule has 0 aliphatic heterocycles. The Bertz CT molecular complexity index is 855. The van der Waals surface area contributed by atoms with Crippen molar-refractivity contribution in [3.63, 3.8) is 0 Å². The summed E-state index contributed by atoms with van der Waals surface area (Å²) in [5.41, 5.74) is 2.89. The molecule has 5 nitrogen and oxygen atoms in total. The maximum Gasteiger partial charge on any atom is 0.261 e. The van der Waals surface area contributed by atoms with Crippen LogP contribution in [0.15, 0.2) is 47.4 Å². The van der Waals surface area contributed by atoms with E-state index in [4.69, 9.17) is 0 Å². The SMILES string of the molecule is Cc1ccc(NS(=O)(=O)c2ccc3nsnc3c2)cc1. The molecule has 7 heteroatoms. The maximum absolute atomic E-state index is 12.3. The lowest BCUT2D eigenvalue weighted by atomic mass is 10.2. The fourth-order valence-corrected chi connectivity index (χ4v) is 3.36. The highest BCUT2D eigenvalue weighted by Crippen LogP contribution is 2.20. The summed E-state index contributed by atoms with van der Waals surface area (Å²) in [6, 6.07) is 11.9. The molecule has 0 radical (unpaired) electrons. The highest BCUT2D eigenvalue weighted by Gasteiger charge is 2.15. The minimum Gasteiger partial charge on any atom is -0.280 e. The summed E-state index contributed by atoms with van der Waals surface area (Å²) in [5, 5.41) is 0. The van der Waals surface area contributed by atoms with Crippen molar-refractivity contribution in [2.24, 2.45) is 0 Å². The Balaban J connectivity index is 1.96. The van der Waals surface area contributed by atoms with E-state index in [-0.39, 0.29) is 4.90 Å². The zero-order valence-electron chi connectivity index (χ0n) is 10.6. The molecule has 1 N–H and O–H groups in total. The van der Waals surface area contributed by atoms with Gasteiger partial charge < -0.3 is 0 Å². The van der Waals surface area contributed by atoms with E-state index in [0.717, 1.165) is 17.3 Å². The van der Waals surface area contributed by atoms with Gasteiger partial charge in [0.2, 0.25) is 0 Å². The number of sulfonamides is 1. The van der Waals surface area contributed by atoms with Gasteiger partial charge in [-0.05, 0) is 37.3 Å². The van der Waals surface area contributed by atoms with Gasteiger partial charge in [0.05, 0.1) is 16.6 Å². The molecule has 1 heterocycles. The van der Waals surface area contributed by atoms with E-state index >= 15 is 0 Å². The second-order valence-electron chi connectivity index (χ2n) is 4.39. The summed E-state index contributed by atoms with van der Waals surface area (Å²) in [5.74, 6) is 0. The van der Waals surface area contributed by atoms with Crippen LogP contribution in [-0.4, -0.2) is 17.2 Å². The fourth-order valence-electron chi connectivity index (χ4n) is 1.76. The molecule has 0 saturated carbocycles. The molecule has 102 valence electrons. The second-order valence-corrected chi connectivity index (χ2v) is 6.60. The topological polar surface area (TPSA) is 72.0 Å². The first-order chi connectivity index (χ1) is 9.54. The summed E-state index contributed by atoms with van der Waals surface area (Å²) in [7, 11) is -3.61. The minimum absolute atomic E-state index is 0.179. The molecule has 0 saturated heterocycles. The van der Waals surface area contributed by atoms with Crippen LogP contribution in [0.2, 0.25) is 0 Å². The summed E-state index contributed by atoms with van der Waals surface area (Å²) >= 11 is 1.06. The van der Waals surface area contributed by atoms with Crippen LogP contribution in [0.3, 0.4) is 0 Å². The monoisotopic (exact) mass is 305 g/mol. The lowest BCUT2D eigenvalue weighted by Gasteiger charge is -2.08. The zero-order chi connectivity index (χ0) is 14.2. The molecule has 3 aromatic rings. The predicted molar refractivity (Wildman–Crippen MR) is 79.4 cm³/mol. The Morgan fingerprint density at radius 3 is 2.45 bits per heavy atom. The first-order valence-corrected chi connectivity index (χ1v) is 8.08. The smallest absolute Gasteiger partial charge is 0.261 e. The standard InChI is InChI=1S/C13H11N3O2S2/c1-9-2-4-10(5-3-9)16-20(17,18)11-6-7-12-13(8-11)15-19-14-12/h2-8,16H,1H3. The van der Waals surface area contributed by atoms with E-state index in [9.17, 15) is 8.42 Å². The fraction of sp³-hybridized carbons (Fsp3) is 0.0769. The quantitative estimate of drug-likeness (QED) is 0.807. The lowest BCUT2D eigenvalue weighted by Crippen LogP contribution is -2.12. The third-order valence-corrected chi connectivity index (χ3v) is 4.77. The van der Waals surface area contributed by atoms with Crippen LogP contribution in [0.25, 0.3) is 11.0 Å². The summed E-state index contributed by atoms with van der Waals surface area (Å²) in [6.07, 6.45) is 0. The highest BCUT2D eigenvalue weighted by molar-refractivity contribution is 7.92. The van der Waals surface area contributed by atoms with Crippen LogP contribution in [0.1, 0.15) is 5.56 Å². The van der Waals surface area contributed by atoms with E-state index in [0.29, 0.717) is 16.7 Å². The first-order valence-electron chi connectivity index (χ1n) is 5.86. The number of rotatable bonds is 3. The number of anilines is 1. The van der Waals surface area contributed by atoms with E-state index in [1.54, 1.807) is 18.2 Å². The van der Waals surface area contributed by atoms with Crippen molar-refractivity contribution in [2.45, 2.75) is 11.8 Å². The van der Waals surface area contributed by atoms with Gasteiger partial charge in [-0.2, -0.15) is 8.75 Å². The van der Waals surface area contributed by atoms with Crippen LogP contribution >= 0.6 is 11.7 Å². The van der Waals surface area contributed by atoms with Gasteiger partial charge in [-0.15, -0.1) is 0 Å². The largest absolute Gasteiger partial charge is 0.280 e. The van der Waals surface area contributed by atoms with Crippen molar-refractivity contribution in [1.29, 1.82) is 0 Å². The zero-order valence-corrected chi connectivity index (χ0v) is 12.2. The summed E-state index contributed by atoms with van der Waals surface area (Å²) in [6.45, 7) is 1.95. The van der Waals surface area contributed by atoms with E-state index in [1.165, 1.54) is 12.1 Å². The van der Waals surface area contributed by atoms with Gasteiger partial charge >= 0.3 is 0 Å². The molecule has 20 heavy (non-hydrogen) atoms. The van der Waals surface area contributed by atoms with Crippen molar-refractivity contribution in [3.8, 4) is 0 Å². The molecular formula is C13H11N3O2S2. The van der Waals surface area contributed by atoms with Crippen LogP contribution in [0.4, 0.5) is 5.69 Å². The molecule has 0 amide bonds. The number of benzene rings is 2. The van der Waals surface area contributed by atoms with E-state index in [2.05, 4.69) is 13.5 Å². The number of aromatic nitrogens is 2. The number of nitrogens with zero attached hydrogens (tertiary/aromatic N) is 2. The number of hydrogen-bond donors (Lipinski definition) is 1. The van der Waals surface area contributed by atoms with Gasteiger partial charge in [-0.25, -0.2) is 8.42 Å². The Labute approximate surface area is 120 Å². The Kier molecular flexibility index (Phi) is 3.15. The number of fused-ring (bicyclic) bond motifs is 1. The molecule has 0 aliphatic rings. The number of hydrogen-bond acceptors (Lipinski definition) is 5. The van der Waals surface area contributed by atoms with Crippen molar-refractivity contribution in [3.05, 3.63) is 48.0 Å². The molecule has 0 unspecified atom stereocenters. The van der Waals surface area contributed by atoms with Crippen LogP contribution < -0.4 is 4.72 Å². The van der Waals surface area contributed by atoms with Crippen LogP contribution in [-0.2, 0) is 10.0 Å². The molecule has 1 aromatic heterocycles. The van der Waals surface area contributed by atoms with Gasteiger partial charge in [0, 0.05) is 5.69 Å². The molecule has 0 fully saturated rings. The Morgan fingerprint density at radius 2 is 1.70 bits per heavy atom. The van der Waals surface area contributed by atoms with Crippen molar-refractivity contribution in [1.82, 2.24) is 8.75 Å². The van der Waals surface area contributed by atoms with Crippen molar-refractivity contribution >= 4 is 38.5 Å². The van der Waals surface area contributed by atoms with E-state index < -0.39 is 10.0 Å². The van der Waals surface area contributed by atoms with Gasteiger partial charge in [0.1, 0.15) is 11.0 Å². The second kappa shape index (κ2) is 4.84. The predicted octanol–water partition coefficient (Wildman–Crippen LogP) is 2.80. The van der Waals surface area contributed by atoms with Gasteiger partial charge in [-0.3, -0.25) is 4.72 Å². The third-order valence-electron chi connectivity index (χ3n) is 2.84. The molecular weight excluding hydrogens is 294 g/mol. The van der Waals surface area contributed by atoms with Gasteiger partial charge in [0.25, 0.3) is 10.0 Å². The lowest BCUT2D eigenvalue weighted by molar-refractivity contribution is 0.601. The minimum atomic E-state index is -3.61. The van der Waals surface area contributed by atoms with E-state index in [1.807, 2.05) is 19.1 Å². The van der Waals surface area contributed by atoms with Crippen LogP contribution in [0.5, 0.6) is 0 Å². The molecule has 3 rings (SSSR count). The maximum atomic E-state index is 12.3. The molecule has 2 aromatic carbocycles. The van der Waals surface area contributed by atoms with Crippen molar-refractivity contribution in [2.75, 3.05) is 4.72 Å². The Hall–Kier alpha value is -1.99. The number of nitrogens with one attached hydrogen (secondary N) is 1. The normalized spacial score (nSPS) is 11.7. The molecule has 0 atom stereocenters. The van der Waals surface area contributed by atoms with Crippen LogP contribution in [0, 0.1) is 6.92 Å². The highest BCUT2D eigenvalue weighted by atomic mass is 32.2. The summed E-state index contributed by atoms with van der Waals surface area (Å²) < 4.78 is 35.2.